The molecule has 0 saturated carbocycles. The lowest BCUT2D eigenvalue weighted by Gasteiger charge is -2.33. The zero-order valence-corrected chi connectivity index (χ0v) is 11.1. The minimum absolute atomic E-state index is 0.0366. The number of nitrogens with zero attached hydrogens (tertiary/aromatic N) is 2. The molecule has 0 bridgehead atoms. The largest absolute Gasteiger partial charge is 0.416 e. The number of alkyl halides is 3. The molecule has 4 nitrogen and oxygen atoms in total. The Morgan fingerprint density at radius 1 is 1.63 bits per heavy atom. The Labute approximate surface area is 112 Å². The van der Waals surface area contributed by atoms with Gasteiger partial charge in [-0.2, -0.15) is 13.2 Å². The Morgan fingerprint density at radius 2 is 2.37 bits per heavy atom. The van der Waals surface area contributed by atoms with Crippen molar-refractivity contribution in [1.29, 1.82) is 0 Å². The van der Waals surface area contributed by atoms with Crippen LogP contribution in [0.5, 0.6) is 0 Å². The van der Waals surface area contributed by atoms with Crippen molar-refractivity contribution in [3.05, 3.63) is 16.1 Å². The van der Waals surface area contributed by atoms with E-state index in [-0.39, 0.29) is 25.5 Å². The number of thiazole rings is 1. The summed E-state index contributed by atoms with van der Waals surface area (Å²) in [6.45, 7) is 1.47. The molecule has 1 aromatic heterocycles. The first-order valence-electron chi connectivity index (χ1n) is 5.73. The second-order valence-electron chi connectivity index (χ2n) is 4.28. The lowest BCUT2D eigenvalue weighted by molar-refractivity contribution is -0.236. The highest BCUT2D eigenvalue weighted by Gasteiger charge is 2.44. The van der Waals surface area contributed by atoms with Gasteiger partial charge >= 0.3 is 6.18 Å². The van der Waals surface area contributed by atoms with Crippen LogP contribution in [0.25, 0.3) is 0 Å². The van der Waals surface area contributed by atoms with Crippen LogP contribution in [0, 0.1) is 6.92 Å². The van der Waals surface area contributed by atoms with E-state index < -0.39 is 18.8 Å². The highest BCUT2D eigenvalue weighted by Crippen LogP contribution is 2.26. The molecule has 1 atom stereocenters. The summed E-state index contributed by atoms with van der Waals surface area (Å²) in [7, 11) is 0. The molecule has 1 fully saturated rings. The first-order chi connectivity index (χ1) is 8.86. The summed E-state index contributed by atoms with van der Waals surface area (Å²) in [5, 5.41) is 2.58. The molecule has 0 spiro atoms. The molecule has 19 heavy (non-hydrogen) atoms. The summed E-state index contributed by atoms with van der Waals surface area (Å²) >= 11 is 1.41. The molecule has 2 heterocycles. The van der Waals surface area contributed by atoms with Gasteiger partial charge in [-0.05, 0) is 6.92 Å². The average Bonchev–Trinajstić information content (AvgIpc) is 2.74. The third kappa shape index (κ3) is 3.66. The number of carbonyl (C=O) groups is 1. The molecule has 1 saturated heterocycles. The minimum Gasteiger partial charge on any atom is -0.365 e. The van der Waals surface area contributed by atoms with Gasteiger partial charge in [0.2, 0.25) is 5.91 Å². The second-order valence-corrected chi connectivity index (χ2v) is 5.34. The first-order valence-corrected chi connectivity index (χ1v) is 6.61. The summed E-state index contributed by atoms with van der Waals surface area (Å²) in [6, 6.07) is 0. The Hall–Kier alpha value is -1.15. The second kappa shape index (κ2) is 5.46. The highest BCUT2D eigenvalue weighted by molar-refractivity contribution is 7.09. The average molecular weight is 294 g/mol. The smallest absolute Gasteiger partial charge is 0.365 e. The number of ether oxygens (including phenoxy) is 1. The van der Waals surface area contributed by atoms with Gasteiger partial charge in [0.1, 0.15) is 0 Å². The molecule has 1 aliphatic heterocycles. The van der Waals surface area contributed by atoms with E-state index in [2.05, 4.69) is 9.72 Å². The van der Waals surface area contributed by atoms with Crippen molar-refractivity contribution < 1.29 is 22.7 Å². The molecule has 1 unspecified atom stereocenters. The van der Waals surface area contributed by atoms with Gasteiger partial charge in [0.25, 0.3) is 0 Å². The molecular formula is C11H13F3N2O2S. The van der Waals surface area contributed by atoms with Crippen molar-refractivity contribution in [2.24, 2.45) is 0 Å². The van der Waals surface area contributed by atoms with Crippen LogP contribution in [0.1, 0.15) is 10.7 Å². The van der Waals surface area contributed by atoms with Crippen LogP contribution in [-0.4, -0.2) is 47.8 Å². The molecule has 1 aliphatic rings. The molecule has 8 heteroatoms. The number of carbonyl (C=O) groups excluding carboxylic acids is 1. The third-order valence-corrected chi connectivity index (χ3v) is 3.61. The Kier molecular flexibility index (Phi) is 4.10. The topological polar surface area (TPSA) is 42.4 Å². The van der Waals surface area contributed by atoms with E-state index in [1.165, 1.54) is 16.2 Å². The van der Waals surface area contributed by atoms with Crippen molar-refractivity contribution in [3.63, 3.8) is 0 Å². The summed E-state index contributed by atoms with van der Waals surface area (Å²) in [6.07, 6.45) is -6.28. The number of morpholine rings is 1. The number of aromatic nitrogens is 1. The fourth-order valence-corrected chi connectivity index (χ4v) is 2.44. The maximum Gasteiger partial charge on any atom is 0.416 e. The summed E-state index contributed by atoms with van der Waals surface area (Å²) < 4.78 is 42.2. The van der Waals surface area contributed by atoms with E-state index in [1.54, 1.807) is 5.38 Å². The summed E-state index contributed by atoms with van der Waals surface area (Å²) in [5.41, 5.74) is 0.600. The number of amides is 1. The zero-order chi connectivity index (χ0) is 14.0. The van der Waals surface area contributed by atoms with Gasteiger partial charge < -0.3 is 9.64 Å². The molecular weight excluding hydrogens is 281 g/mol. The van der Waals surface area contributed by atoms with Gasteiger partial charge in [0.05, 0.1) is 30.3 Å². The number of hydrogen-bond acceptors (Lipinski definition) is 4. The molecule has 0 aliphatic carbocycles. The monoisotopic (exact) mass is 294 g/mol. The molecule has 1 aromatic rings. The zero-order valence-electron chi connectivity index (χ0n) is 10.2. The van der Waals surface area contributed by atoms with Crippen LogP contribution in [0.15, 0.2) is 5.38 Å². The number of halogens is 3. The number of hydrogen-bond donors (Lipinski definition) is 0. The molecule has 0 radical (unpaired) electrons. The van der Waals surface area contributed by atoms with Crippen molar-refractivity contribution >= 4 is 17.2 Å². The standard InChI is InChI=1S/C11H13F3N2O2S/c1-7-15-8(6-19-7)4-10(17)16-2-3-18-9(5-16)11(12,13)14/h6,9H,2-5H2,1H3. The van der Waals surface area contributed by atoms with Crippen LogP contribution in [0.2, 0.25) is 0 Å². The molecule has 1 amide bonds. The van der Waals surface area contributed by atoms with Crippen molar-refractivity contribution in [2.75, 3.05) is 19.7 Å². The van der Waals surface area contributed by atoms with Crippen molar-refractivity contribution in [1.82, 2.24) is 9.88 Å². The van der Waals surface area contributed by atoms with Crippen molar-refractivity contribution in [2.45, 2.75) is 25.6 Å². The van der Waals surface area contributed by atoms with E-state index in [4.69, 9.17) is 0 Å². The van der Waals surface area contributed by atoms with E-state index in [1.807, 2.05) is 6.92 Å². The quantitative estimate of drug-likeness (QED) is 0.835. The van der Waals surface area contributed by atoms with Crippen LogP contribution in [0.3, 0.4) is 0 Å². The first kappa shape index (κ1) is 14.3. The van der Waals surface area contributed by atoms with Crippen LogP contribution in [0.4, 0.5) is 13.2 Å². The lowest BCUT2D eigenvalue weighted by atomic mass is 10.2. The van der Waals surface area contributed by atoms with Crippen LogP contribution in [-0.2, 0) is 16.0 Å². The van der Waals surface area contributed by atoms with E-state index in [0.717, 1.165) is 5.01 Å². The van der Waals surface area contributed by atoms with Crippen LogP contribution < -0.4 is 0 Å². The summed E-state index contributed by atoms with van der Waals surface area (Å²) in [5.74, 6) is -0.345. The van der Waals surface area contributed by atoms with Gasteiger partial charge in [-0.1, -0.05) is 0 Å². The minimum atomic E-state index is -4.43. The SMILES string of the molecule is Cc1nc(CC(=O)N2CCOC(C(F)(F)F)C2)cs1. The molecule has 0 N–H and O–H groups in total. The lowest BCUT2D eigenvalue weighted by Crippen LogP contribution is -2.51. The van der Waals surface area contributed by atoms with Gasteiger partial charge in [-0.25, -0.2) is 4.98 Å². The van der Waals surface area contributed by atoms with Gasteiger partial charge in [-0.3, -0.25) is 4.79 Å². The normalized spacial score (nSPS) is 20.6. The maximum atomic E-state index is 12.5. The maximum absolute atomic E-state index is 12.5. The Balaban J connectivity index is 1.95. The van der Waals surface area contributed by atoms with Gasteiger partial charge in [0.15, 0.2) is 6.10 Å². The molecule has 2 rings (SSSR count). The van der Waals surface area contributed by atoms with Gasteiger partial charge in [-0.15, -0.1) is 11.3 Å². The van der Waals surface area contributed by atoms with E-state index in [9.17, 15) is 18.0 Å². The fraction of sp³-hybridized carbons (Fsp3) is 0.636. The molecule has 0 aromatic carbocycles. The summed E-state index contributed by atoms with van der Waals surface area (Å²) in [4.78, 5) is 17.2. The third-order valence-electron chi connectivity index (χ3n) is 2.78. The highest BCUT2D eigenvalue weighted by atomic mass is 32.1. The van der Waals surface area contributed by atoms with Crippen molar-refractivity contribution in [3.8, 4) is 0 Å². The number of aryl methyl sites for hydroxylation is 1. The fourth-order valence-electron chi connectivity index (χ4n) is 1.83. The molecule has 106 valence electrons. The Bertz CT molecular complexity index is 461. The van der Waals surface area contributed by atoms with E-state index >= 15 is 0 Å². The van der Waals surface area contributed by atoms with Gasteiger partial charge in [0, 0.05) is 11.9 Å². The van der Waals surface area contributed by atoms with Crippen LogP contribution >= 0.6 is 11.3 Å². The number of rotatable bonds is 2. The van der Waals surface area contributed by atoms with E-state index in [0.29, 0.717) is 5.69 Å². The predicted molar refractivity (Wildman–Crippen MR) is 62.9 cm³/mol. The predicted octanol–water partition coefficient (Wildman–Crippen LogP) is 1.78. The Morgan fingerprint density at radius 3 is 2.95 bits per heavy atom.